The Morgan fingerprint density at radius 3 is 2.65 bits per heavy atom. The number of carbonyl (C=O) groups is 1. The molecule has 0 unspecified atom stereocenters. The van der Waals surface area contributed by atoms with Gasteiger partial charge in [-0.3, -0.25) is 0 Å². The average Bonchev–Trinajstić information content (AvgIpc) is 2.91. The number of hydrogen-bond donors (Lipinski definition) is 2. The molecule has 0 bridgehead atoms. The maximum Gasteiger partial charge on any atom is 0.319 e. The van der Waals surface area contributed by atoms with Crippen molar-refractivity contribution in [1.29, 1.82) is 0 Å². The fourth-order valence-electron chi connectivity index (χ4n) is 1.39. The van der Waals surface area contributed by atoms with Gasteiger partial charge in [0.05, 0.1) is 6.54 Å². The van der Waals surface area contributed by atoms with E-state index in [9.17, 15) is 13.6 Å². The van der Waals surface area contributed by atoms with Crippen LogP contribution < -0.4 is 10.6 Å². The molecule has 2 N–H and O–H groups in total. The van der Waals surface area contributed by atoms with Crippen LogP contribution >= 0.6 is 11.8 Å². The first kappa shape index (κ1) is 14.3. The number of nitrogens with zero attached hydrogens (tertiary/aromatic N) is 1. The minimum absolute atomic E-state index is 0.238. The molecule has 0 saturated carbocycles. The zero-order valence-electron chi connectivity index (χ0n) is 10.2. The lowest BCUT2D eigenvalue weighted by Crippen LogP contribution is -2.28. The second-order valence-corrected chi connectivity index (χ2v) is 4.76. The standard InChI is InChI=1S/C12H11F2N3O2S/c13-11(14)20-10-3-1-8(2-4-10)16-12(18)15-7-9-5-6-19-17-9/h1-6,11H,7H2,(H2,15,16,18). The van der Waals surface area contributed by atoms with Crippen LogP contribution in [0.15, 0.2) is 46.0 Å². The van der Waals surface area contributed by atoms with Crippen molar-refractivity contribution in [2.45, 2.75) is 17.2 Å². The molecule has 0 aliphatic carbocycles. The summed E-state index contributed by atoms with van der Waals surface area (Å²) in [6, 6.07) is 7.37. The monoisotopic (exact) mass is 299 g/mol. The van der Waals surface area contributed by atoms with Crippen molar-refractivity contribution < 1.29 is 18.1 Å². The van der Waals surface area contributed by atoms with Crippen molar-refractivity contribution >= 4 is 23.5 Å². The SMILES string of the molecule is O=C(NCc1ccon1)Nc1ccc(SC(F)F)cc1. The molecule has 1 aromatic heterocycles. The van der Waals surface area contributed by atoms with Crippen LogP contribution in [0.2, 0.25) is 0 Å². The van der Waals surface area contributed by atoms with Gasteiger partial charge in [-0.05, 0) is 24.3 Å². The number of carbonyl (C=O) groups excluding carboxylic acids is 1. The van der Waals surface area contributed by atoms with E-state index in [0.717, 1.165) is 0 Å². The van der Waals surface area contributed by atoms with Gasteiger partial charge >= 0.3 is 6.03 Å². The summed E-state index contributed by atoms with van der Waals surface area (Å²) in [6.07, 6.45) is 1.41. The molecule has 0 atom stereocenters. The van der Waals surface area contributed by atoms with Crippen molar-refractivity contribution in [2.75, 3.05) is 5.32 Å². The van der Waals surface area contributed by atoms with Crippen molar-refractivity contribution in [3.8, 4) is 0 Å². The number of nitrogens with one attached hydrogen (secondary N) is 2. The summed E-state index contributed by atoms with van der Waals surface area (Å²) in [5.41, 5.74) is 1.12. The van der Waals surface area contributed by atoms with Gasteiger partial charge in [0.1, 0.15) is 12.0 Å². The summed E-state index contributed by atoms with van der Waals surface area (Å²) >= 11 is 0.454. The van der Waals surface area contributed by atoms with E-state index in [1.54, 1.807) is 18.2 Å². The summed E-state index contributed by atoms with van der Waals surface area (Å²) in [7, 11) is 0. The highest BCUT2D eigenvalue weighted by Gasteiger charge is 2.06. The predicted octanol–water partition coefficient (Wildman–Crippen LogP) is 3.31. The molecule has 0 spiro atoms. The lowest BCUT2D eigenvalue weighted by molar-refractivity contribution is 0.251. The van der Waals surface area contributed by atoms with E-state index < -0.39 is 11.8 Å². The summed E-state index contributed by atoms with van der Waals surface area (Å²) in [4.78, 5) is 12.0. The number of thioether (sulfide) groups is 1. The predicted molar refractivity (Wildman–Crippen MR) is 70.7 cm³/mol. The van der Waals surface area contributed by atoms with Gasteiger partial charge < -0.3 is 15.2 Å². The van der Waals surface area contributed by atoms with Crippen LogP contribution in [-0.4, -0.2) is 16.9 Å². The largest absolute Gasteiger partial charge is 0.364 e. The molecule has 0 saturated heterocycles. The third-order valence-corrected chi connectivity index (χ3v) is 2.98. The lowest BCUT2D eigenvalue weighted by atomic mass is 10.3. The van der Waals surface area contributed by atoms with Crippen molar-refractivity contribution in [3.63, 3.8) is 0 Å². The maximum absolute atomic E-state index is 12.1. The van der Waals surface area contributed by atoms with Crippen LogP contribution in [0.3, 0.4) is 0 Å². The molecule has 1 heterocycles. The first-order valence-electron chi connectivity index (χ1n) is 5.62. The van der Waals surface area contributed by atoms with Crippen molar-refractivity contribution in [2.24, 2.45) is 0 Å². The van der Waals surface area contributed by atoms with Gasteiger partial charge in [0.15, 0.2) is 0 Å². The van der Waals surface area contributed by atoms with Gasteiger partial charge in [-0.15, -0.1) is 0 Å². The Morgan fingerprint density at radius 2 is 2.05 bits per heavy atom. The maximum atomic E-state index is 12.1. The van der Waals surface area contributed by atoms with Crippen LogP contribution in [0.4, 0.5) is 19.3 Å². The van der Waals surface area contributed by atoms with Crippen LogP contribution in [-0.2, 0) is 6.54 Å². The van der Waals surface area contributed by atoms with Crippen molar-refractivity contribution in [1.82, 2.24) is 10.5 Å². The van der Waals surface area contributed by atoms with Gasteiger partial charge in [-0.2, -0.15) is 8.78 Å². The third kappa shape index (κ3) is 4.54. The zero-order valence-corrected chi connectivity index (χ0v) is 11.0. The number of benzene rings is 1. The van der Waals surface area contributed by atoms with E-state index in [1.165, 1.54) is 18.4 Å². The van der Waals surface area contributed by atoms with E-state index in [1.807, 2.05) is 0 Å². The van der Waals surface area contributed by atoms with Gasteiger partial charge in [0, 0.05) is 16.6 Å². The van der Waals surface area contributed by atoms with E-state index in [-0.39, 0.29) is 6.54 Å². The Morgan fingerprint density at radius 1 is 1.30 bits per heavy atom. The number of urea groups is 1. The molecule has 20 heavy (non-hydrogen) atoms. The van der Waals surface area contributed by atoms with Crippen molar-refractivity contribution in [3.05, 3.63) is 42.3 Å². The fourth-order valence-corrected chi connectivity index (χ4v) is 1.89. The number of aromatic nitrogens is 1. The van der Waals surface area contributed by atoms with Crippen LogP contribution in [0, 0.1) is 0 Å². The number of alkyl halides is 2. The molecule has 0 aliphatic heterocycles. The minimum Gasteiger partial charge on any atom is -0.364 e. The number of anilines is 1. The Hall–Kier alpha value is -2.09. The first-order valence-corrected chi connectivity index (χ1v) is 6.50. The Balaban J connectivity index is 1.81. The summed E-state index contributed by atoms with van der Waals surface area (Å²) in [5.74, 6) is -2.46. The van der Waals surface area contributed by atoms with Gasteiger partial charge in [-0.25, -0.2) is 4.79 Å². The third-order valence-electron chi connectivity index (χ3n) is 2.26. The van der Waals surface area contributed by atoms with Gasteiger partial charge in [0.25, 0.3) is 5.76 Å². The van der Waals surface area contributed by atoms with E-state index in [2.05, 4.69) is 20.3 Å². The smallest absolute Gasteiger partial charge is 0.319 e. The van der Waals surface area contributed by atoms with E-state index >= 15 is 0 Å². The summed E-state index contributed by atoms with van der Waals surface area (Å²) in [6.45, 7) is 0.238. The Kier molecular flexibility index (Phi) is 4.94. The zero-order chi connectivity index (χ0) is 14.4. The lowest BCUT2D eigenvalue weighted by Gasteiger charge is -2.07. The molecule has 2 rings (SSSR count). The molecular weight excluding hydrogens is 288 g/mol. The number of halogens is 2. The molecule has 2 aromatic rings. The molecule has 0 radical (unpaired) electrons. The van der Waals surface area contributed by atoms with E-state index in [4.69, 9.17) is 0 Å². The topological polar surface area (TPSA) is 67.2 Å². The number of hydrogen-bond acceptors (Lipinski definition) is 4. The Labute approximate surface area is 117 Å². The molecule has 8 heteroatoms. The van der Waals surface area contributed by atoms with E-state index in [0.29, 0.717) is 28.0 Å². The van der Waals surface area contributed by atoms with Crippen LogP contribution in [0.25, 0.3) is 0 Å². The molecule has 1 aromatic carbocycles. The molecule has 0 fully saturated rings. The Bertz CT molecular complexity index is 546. The van der Waals surface area contributed by atoms with Gasteiger partial charge in [0.2, 0.25) is 0 Å². The number of rotatable bonds is 5. The molecule has 2 amide bonds. The first-order chi connectivity index (χ1) is 9.63. The highest BCUT2D eigenvalue weighted by molar-refractivity contribution is 7.99. The minimum atomic E-state index is -2.46. The second kappa shape index (κ2) is 6.90. The molecule has 0 aliphatic rings. The number of amides is 2. The summed E-state index contributed by atoms with van der Waals surface area (Å²) < 4.78 is 28.9. The fraction of sp³-hybridized carbons (Fsp3) is 0.167. The quantitative estimate of drug-likeness (QED) is 0.831. The molecule has 5 nitrogen and oxygen atoms in total. The van der Waals surface area contributed by atoms with Crippen LogP contribution in [0.1, 0.15) is 5.69 Å². The van der Waals surface area contributed by atoms with Gasteiger partial charge in [-0.1, -0.05) is 16.9 Å². The second-order valence-electron chi connectivity index (χ2n) is 3.70. The average molecular weight is 299 g/mol. The molecular formula is C12H11F2N3O2S. The molecule has 106 valence electrons. The highest BCUT2D eigenvalue weighted by atomic mass is 32.2. The van der Waals surface area contributed by atoms with Crippen LogP contribution in [0.5, 0.6) is 0 Å². The summed E-state index contributed by atoms with van der Waals surface area (Å²) in [5, 5.41) is 8.81. The normalized spacial score (nSPS) is 10.6. The highest BCUT2D eigenvalue weighted by Crippen LogP contribution is 2.26.